The maximum absolute atomic E-state index is 13.2. The summed E-state index contributed by atoms with van der Waals surface area (Å²) in [6.45, 7) is 8.21. The van der Waals surface area contributed by atoms with Crippen LogP contribution in [-0.2, 0) is 20.8 Å². The van der Waals surface area contributed by atoms with Gasteiger partial charge in [0.25, 0.3) is 0 Å². The maximum atomic E-state index is 13.2. The Hall–Kier alpha value is -2.77. The van der Waals surface area contributed by atoms with Gasteiger partial charge in [-0.2, -0.15) is 0 Å². The Labute approximate surface area is 253 Å². The zero-order valence-electron chi connectivity index (χ0n) is 26.2. The number of hydrogen-bond acceptors (Lipinski definition) is 7. The van der Waals surface area contributed by atoms with Crippen LogP contribution in [0, 0.1) is 5.92 Å². The lowest BCUT2D eigenvalue weighted by Gasteiger charge is -2.23. The largest absolute Gasteiger partial charge is 0.494 e. The lowest BCUT2D eigenvalue weighted by Crippen LogP contribution is -2.34. The second kappa shape index (κ2) is 22.8. The summed E-state index contributed by atoms with van der Waals surface area (Å²) in [6.07, 6.45) is 12.5. The molecule has 2 aromatic carbocycles. The van der Waals surface area contributed by atoms with E-state index in [9.17, 15) is 10.1 Å². The van der Waals surface area contributed by atoms with Crippen LogP contribution in [0.2, 0.25) is 0 Å². The molecule has 0 saturated heterocycles. The number of ether oxygens (including phenoxy) is 4. The quantitative estimate of drug-likeness (QED) is 0.0538. The van der Waals surface area contributed by atoms with Crippen LogP contribution in [0.25, 0.3) is 0 Å². The summed E-state index contributed by atoms with van der Waals surface area (Å²) in [5.74, 6) is 1.36. The molecular formula is C35H54O7. The van der Waals surface area contributed by atoms with Gasteiger partial charge in [-0.25, -0.2) is 4.89 Å². The summed E-state index contributed by atoms with van der Waals surface area (Å²) in [5, 5.41) is 9.85. The molecule has 2 aromatic rings. The standard InChI is InChI=1S/C35H54O7/c1-4-7-10-11-12-13-14-15-33(34(42-37)28-29-16-18-30(19-17-29)38-24-8-5-2)35(36)41-27-26-40-32-22-20-31(21-23-32)39-25-9-6-3/h16-23,33-34,37H,4-15,24-28H2,1-3H3. The summed E-state index contributed by atoms with van der Waals surface area (Å²) in [5.41, 5.74) is 0.958. The minimum absolute atomic E-state index is 0.114. The highest BCUT2D eigenvalue weighted by molar-refractivity contribution is 5.73. The normalized spacial score (nSPS) is 12.5. The van der Waals surface area contributed by atoms with Crippen LogP contribution < -0.4 is 14.2 Å². The molecule has 0 aliphatic rings. The molecule has 0 radical (unpaired) electrons. The predicted octanol–water partition coefficient (Wildman–Crippen LogP) is 8.82. The fourth-order valence-electron chi connectivity index (χ4n) is 4.69. The van der Waals surface area contributed by atoms with E-state index in [0.29, 0.717) is 31.8 Å². The van der Waals surface area contributed by atoms with Crippen molar-refractivity contribution >= 4 is 5.97 Å². The van der Waals surface area contributed by atoms with Crippen LogP contribution >= 0.6 is 0 Å². The van der Waals surface area contributed by atoms with Crippen molar-refractivity contribution in [3.05, 3.63) is 54.1 Å². The first-order chi connectivity index (χ1) is 20.6. The predicted molar refractivity (Wildman–Crippen MR) is 167 cm³/mol. The zero-order valence-corrected chi connectivity index (χ0v) is 26.2. The number of esters is 1. The van der Waals surface area contributed by atoms with Gasteiger partial charge < -0.3 is 18.9 Å². The number of benzene rings is 2. The molecule has 2 rings (SSSR count). The van der Waals surface area contributed by atoms with Gasteiger partial charge in [-0.15, -0.1) is 0 Å². The molecule has 7 heteroatoms. The first-order valence-electron chi connectivity index (χ1n) is 16.1. The fraction of sp³-hybridized carbons (Fsp3) is 0.629. The lowest BCUT2D eigenvalue weighted by molar-refractivity contribution is -0.290. The molecule has 42 heavy (non-hydrogen) atoms. The van der Waals surface area contributed by atoms with Crippen LogP contribution in [0.15, 0.2) is 48.5 Å². The maximum Gasteiger partial charge on any atom is 0.311 e. The van der Waals surface area contributed by atoms with Crippen LogP contribution in [-0.4, -0.2) is 43.8 Å². The van der Waals surface area contributed by atoms with Crippen molar-refractivity contribution in [2.24, 2.45) is 5.92 Å². The summed E-state index contributed by atoms with van der Waals surface area (Å²) in [6, 6.07) is 15.2. The average molecular weight is 587 g/mol. The van der Waals surface area contributed by atoms with Crippen LogP contribution in [0.3, 0.4) is 0 Å². The molecule has 0 amide bonds. The first kappa shape index (κ1) is 35.4. The molecular weight excluding hydrogens is 532 g/mol. The minimum Gasteiger partial charge on any atom is -0.494 e. The monoisotopic (exact) mass is 586 g/mol. The van der Waals surface area contributed by atoms with Crippen molar-refractivity contribution in [3.8, 4) is 17.2 Å². The summed E-state index contributed by atoms with van der Waals surface area (Å²) in [4.78, 5) is 18.1. The third-order valence-electron chi connectivity index (χ3n) is 7.32. The molecule has 2 atom stereocenters. The first-order valence-corrected chi connectivity index (χ1v) is 16.1. The molecule has 0 fully saturated rings. The zero-order chi connectivity index (χ0) is 30.3. The highest BCUT2D eigenvalue weighted by atomic mass is 17.1. The second-order valence-corrected chi connectivity index (χ2v) is 10.9. The molecule has 0 heterocycles. The van der Waals surface area contributed by atoms with Crippen molar-refractivity contribution < 1.29 is 33.9 Å². The van der Waals surface area contributed by atoms with Crippen LogP contribution in [0.5, 0.6) is 17.2 Å². The van der Waals surface area contributed by atoms with Crippen molar-refractivity contribution in [2.45, 2.75) is 110 Å². The molecule has 0 aromatic heterocycles. The van der Waals surface area contributed by atoms with Crippen molar-refractivity contribution in [2.75, 3.05) is 26.4 Å². The highest BCUT2D eigenvalue weighted by Gasteiger charge is 2.31. The molecule has 0 saturated carbocycles. The number of unbranched alkanes of at least 4 members (excludes halogenated alkanes) is 8. The van der Waals surface area contributed by atoms with Crippen LogP contribution in [0.4, 0.5) is 0 Å². The number of rotatable bonds is 25. The van der Waals surface area contributed by atoms with E-state index in [2.05, 4.69) is 20.8 Å². The molecule has 0 spiro atoms. The Morgan fingerprint density at radius 1 is 0.619 bits per heavy atom. The Kier molecular flexibility index (Phi) is 19.2. The van der Waals surface area contributed by atoms with Gasteiger partial charge in [-0.3, -0.25) is 10.1 Å². The Bertz CT molecular complexity index is 929. The molecule has 0 aliphatic carbocycles. The van der Waals surface area contributed by atoms with E-state index < -0.39 is 12.0 Å². The van der Waals surface area contributed by atoms with E-state index in [-0.39, 0.29) is 19.2 Å². The number of carbonyl (C=O) groups excluding carboxylic acids is 1. The van der Waals surface area contributed by atoms with Gasteiger partial charge >= 0.3 is 5.97 Å². The van der Waals surface area contributed by atoms with E-state index in [1.807, 2.05) is 48.5 Å². The third kappa shape index (κ3) is 14.9. The van der Waals surface area contributed by atoms with Gasteiger partial charge in [0, 0.05) is 6.42 Å². The van der Waals surface area contributed by atoms with Crippen LogP contribution in [0.1, 0.15) is 103 Å². The van der Waals surface area contributed by atoms with E-state index in [1.54, 1.807) is 0 Å². The second-order valence-electron chi connectivity index (χ2n) is 10.9. The molecule has 1 N–H and O–H groups in total. The van der Waals surface area contributed by atoms with Gasteiger partial charge in [0.15, 0.2) is 0 Å². The van der Waals surface area contributed by atoms with E-state index in [0.717, 1.165) is 62.0 Å². The van der Waals surface area contributed by atoms with E-state index >= 15 is 0 Å². The summed E-state index contributed by atoms with van der Waals surface area (Å²) >= 11 is 0. The van der Waals surface area contributed by atoms with Crippen molar-refractivity contribution in [1.29, 1.82) is 0 Å². The molecule has 236 valence electrons. The Morgan fingerprint density at radius 2 is 1.10 bits per heavy atom. The number of carbonyl (C=O) groups is 1. The van der Waals surface area contributed by atoms with Crippen molar-refractivity contribution in [3.63, 3.8) is 0 Å². The molecule has 0 bridgehead atoms. The van der Waals surface area contributed by atoms with Gasteiger partial charge in [0.1, 0.15) is 36.6 Å². The minimum atomic E-state index is -0.703. The third-order valence-corrected chi connectivity index (χ3v) is 7.32. The topological polar surface area (TPSA) is 83.5 Å². The Morgan fingerprint density at radius 3 is 1.62 bits per heavy atom. The summed E-state index contributed by atoms with van der Waals surface area (Å²) in [7, 11) is 0. The van der Waals surface area contributed by atoms with Gasteiger partial charge in [0.05, 0.1) is 19.1 Å². The van der Waals surface area contributed by atoms with Crippen molar-refractivity contribution in [1.82, 2.24) is 0 Å². The summed E-state index contributed by atoms with van der Waals surface area (Å²) < 4.78 is 22.8. The lowest BCUT2D eigenvalue weighted by atomic mass is 9.91. The smallest absolute Gasteiger partial charge is 0.311 e. The van der Waals surface area contributed by atoms with Gasteiger partial charge in [-0.1, -0.05) is 90.7 Å². The fourth-order valence-corrected chi connectivity index (χ4v) is 4.69. The SMILES string of the molecule is CCCCCCCCCC(C(=O)OCCOc1ccc(OCCCC)cc1)C(Cc1ccc(OCCCC)cc1)OO. The number of hydrogen-bond donors (Lipinski definition) is 1. The molecule has 2 unspecified atom stereocenters. The highest BCUT2D eigenvalue weighted by Crippen LogP contribution is 2.24. The molecule has 7 nitrogen and oxygen atoms in total. The Balaban J connectivity index is 1.90. The van der Waals surface area contributed by atoms with Gasteiger partial charge in [-0.05, 0) is 61.2 Å². The van der Waals surface area contributed by atoms with Gasteiger partial charge in [0.2, 0.25) is 0 Å². The van der Waals surface area contributed by atoms with E-state index in [4.69, 9.17) is 23.8 Å². The molecule has 0 aliphatic heterocycles. The average Bonchev–Trinajstić information content (AvgIpc) is 3.01. The van der Waals surface area contributed by atoms with E-state index in [1.165, 1.54) is 25.7 Å².